The zero-order chi connectivity index (χ0) is 40.6. The van der Waals surface area contributed by atoms with Crippen LogP contribution in [-0.4, -0.2) is 121 Å². The topological polar surface area (TPSA) is 144 Å². The minimum absolute atomic E-state index is 0.0232. The molecule has 7 rings (SSSR count). The number of thioether (sulfide) groups is 1. The summed E-state index contributed by atoms with van der Waals surface area (Å²) in [5.74, 6) is 1.69. The monoisotopic (exact) mass is 793 g/mol. The van der Waals surface area contributed by atoms with Gasteiger partial charge < -0.3 is 35.4 Å². The number of amides is 3. The van der Waals surface area contributed by atoms with E-state index in [1.807, 2.05) is 67.2 Å². The molecule has 2 aliphatic heterocycles. The highest BCUT2D eigenvalue weighted by Gasteiger charge is 2.57. The lowest BCUT2D eigenvalue weighted by Crippen LogP contribution is -2.62. The second-order valence-electron chi connectivity index (χ2n) is 17.5. The fraction of sp³-hybridized carbons (Fsp3) is 0.651. The van der Waals surface area contributed by atoms with E-state index in [0.29, 0.717) is 40.7 Å². The number of carbonyl (C=O) groups excluding carboxylic acids is 3. The predicted octanol–water partition coefficient (Wildman–Crippen LogP) is 4.56. The van der Waals surface area contributed by atoms with Crippen LogP contribution in [0, 0.1) is 29.1 Å². The number of hydroxylamine groups is 2. The highest BCUT2D eigenvalue weighted by molar-refractivity contribution is 8.00. The number of fused-ring (bicyclic) bond motifs is 2. The second-order valence-corrected chi connectivity index (χ2v) is 18.9. The van der Waals surface area contributed by atoms with E-state index in [-0.39, 0.29) is 42.3 Å². The normalized spacial score (nSPS) is 29.2. The van der Waals surface area contributed by atoms with E-state index in [2.05, 4.69) is 31.4 Å². The van der Waals surface area contributed by atoms with Crippen molar-refractivity contribution in [2.45, 2.75) is 102 Å². The first kappa shape index (κ1) is 42.3. The number of nitrogens with one attached hydrogen (secondary N) is 2. The Labute approximate surface area is 337 Å². The predicted molar refractivity (Wildman–Crippen MR) is 220 cm³/mol. The van der Waals surface area contributed by atoms with E-state index in [4.69, 9.17) is 9.57 Å². The van der Waals surface area contributed by atoms with E-state index >= 15 is 0 Å². The zero-order valence-corrected chi connectivity index (χ0v) is 35.4. The molecular weight excluding hydrogens is 731 g/mol. The van der Waals surface area contributed by atoms with Gasteiger partial charge in [0, 0.05) is 67.8 Å². The highest BCUT2D eigenvalue weighted by Crippen LogP contribution is 2.61. The van der Waals surface area contributed by atoms with Crippen LogP contribution in [0.25, 0.3) is 11.1 Å². The first-order valence-electron chi connectivity index (χ1n) is 20.2. The number of carbonyl (C=O) groups is 3. The summed E-state index contributed by atoms with van der Waals surface area (Å²) in [5.41, 5.74) is 3.68. The standard InChI is InChI=1S/C43H63N5O7S/c1-24-33-19-29(43(33,3)4)20-34(24)44-41(52)38-37(25(2)50)36(23-49)55-48(38)22-26-12-10-14-32(39(26)54-9)27-16-28(18-30(17-27)46(5)6)40(51)45-35(42(53)47(7)8)21-31-13-11-15-56-31/h10,12,14,16-18,24-25,29,31,33-38,49-50H,11,13,15,19-23H2,1-9H3,(H,44,52)(H,45,51)/t24-,25?,29?,31?,33-,34-,35-,36-,37+,38-/m0/s1. The summed E-state index contributed by atoms with van der Waals surface area (Å²) >= 11 is 1.86. The highest BCUT2D eigenvalue weighted by atomic mass is 32.2. The van der Waals surface area contributed by atoms with Crippen molar-refractivity contribution in [2.24, 2.45) is 29.1 Å². The molecule has 3 amide bonds. The third-order valence-electron chi connectivity index (χ3n) is 13.3. The summed E-state index contributed by atoms with van der Waals surface area (Å²) in [7, 11) is 8.83. The number of para-hydroxylation sites is 1. The SMILES string of the molecule is COc1c(CN2O[C@@H](CO)[C@@H](C(C)O)[C@H]2C(=O)N[C@H]2CC3C[C@@H]([C@@H]2C)C3(C)C)cccc1-c1cc(C(=O)N[C@@H](CC2CCCS2)C(=O)N(C)C)cc(N(C)C)c1. The minimum atomic E-state index is -0.917. The molecule has 308 valence electrons. The molecule has 2 heterocycles. The Kier molecular flexibility index (Phi) is 13.0. The molecule has 0 spiro atoms. The van der Waals surface area contributed by atoms with E-state index in [0.717, 1.165) is 47.4 Å². The average Bonchev–Trinajstić information content (AvgIpc) is 3.82. The first-order valence-corrected chi connectivity index (χ1v) is 21.3. The quantitative estimate of drug-likeness (QED) is 0.215. The maximum atomic E-state index is 14.3. The molecule has 5 aliphatic rings. The lowest BCUT2D eigenvalue weighted by Gasteiger charge is -2.62. The van der Waals surface area contributed by atoms with Crippen LogP contribution in [0.1, 0.15) is 75.7 Å². The molecule has 2 saturated heterocycles. The number of methoxy groups -OCH3 is 1. The lowest BCUT2D eigenvalue weighted by atomic mass is 9.45. The zero-order valence-electron chi connectivity index (χ0n) is 34.6. The number of hydrogen-bond acceptors (Lipinski definition) is 10. The van der Waals surface area contributed by atoms with Gasteiger partial charge in [-0.2, -0.15) is 16.8 Å². The van der Waals surface area contributed by atoms with E-state index in [1.54, 1.807) is 33.2 Å². The summed E-state index contributed by atoms with van der Waals surface area (Å²) in [6, 6.07) is 9.88. The second kappa shape index (κ2) is 17.2. The Hall–Kier alpha value is -3.36. The number of aliphatic hydroxyl groups is 2. The van der Waals surface area contributed by atoms with Gasteiger partial charge in [-0.15, -0.1) is 0 Å². The number of nitrogens with zero attached hydrogens (tertiary/aromatic N) is 3. The van der Waals surface area contributed by atoms with Crippen molar-refractivity contribution in [3.63, 3.8) is 0 Å². The number of ether oxygens (including phenoxy) is 1. The largest absolute Gasteiger partial charge is 0.496 e. The van der Waals surface area contributed by atoms with Gasteiger partial charge in [0.1, 0.15) is 23.9 Å². The van der Waals surface area contributed by atoms with Gasteiger partial charge >= 0.3 is 0 Å². The van der Waals surface area contributed by atoms with Crippen molar-refractivity contribution < 1.29 is 34.2 Å². The molecule has 12 nitrogen and oxygen atoms in total. The van der Waals surface area contributed by atoms with Crippen LogP contribution >= 0.6 is 11.8 Å². The lowest BCUT2D eigenvalue weighted by molar-refractivity contribution is -0.183. The van der Waals surface area contributed by atoms with Gasteiger partial charge in [-0.3, -0.25) is 19.2 Å². The van der Waals surface area contributed by atoms with E-state index < -0.39 is 30.2 Å². The fourth-order valence-corrected chi connectivity index (χ4v) is 11.2. The maximum absolute atomic E-state index is 14.3. The third kappa shape index (κ3) is 8.43. The van der Waals surface area contributed by atoms with Crippen LogP contribution < -0.4 is 20.3 Å². The maximum Gasteiger partial charge on any atom is 0.252 e. The molecule has 0 aromatic heterocycles. The van der Waals surface area contributed by atoms with Crippen molar-refractivity contribution in [3.8, 4) is 16.9 Å². The third-order valence-corrected chi connectivity index (χ3v) is 14.7. The van der Waals surface area contributed by atoms with E-state index in [9.17, 15) is 24.6 Å². The van der Waals surface area contributed by atoms with Crippen LogP contribution in [0.3, 0.4) is 0 Å². The average molecular weight is 794 g/mol. The number of likely N-dealkylation sites (N-methyl/N-ethyl adjacent to an activating group) is 1. The molecule has 0 radical (unpaired) electrons. The first-order chi connectivity index (χ1) is 26.5. The summed E-state index contributed by atoms with van der Waals surface area (Å²) in [4.78, 5) is 51.3. The molecule has 3 unspecified atom stereocenters. The van der Waals surface area contributed by atoms with Gasteiger partial charge in [0.2, 0.25) is 11.8 Å². The van der Waals surface area contributed by atoms with Crippen molar-refractivity contribution in [2.75, 3.05) is 52.6 Å². The van der Waals surface area contributed by atoms with Crippen LogP contribution in [0.15, 0.2) is 36.4 Å². The van der Waals surface area contributed by atoms with Crippen LogP contribution in [0.2, 0.25) is 0 Å². The molecule has 2 bridgehead atoms. The number of rotatable bonds is 14. The molecule has 13 heteroatoms. The van der Waals surface area contributed by atoms with Crippen molar-refractivity contribution >= 4 is 35.2 Å². The van der Waals surface area contributed by atoms with Gasteiger partial charge in [-0.25, -0.2) is 0 Å². The summed E-state index contributed by atoms with van der Waals surface area (Å²) < 4.78 is 6.09. The molecule has 3 aliphatic carbocycles. The number of hydrogen-bond donors (Lipinski definition) is 4. The molecular formula is C43H63N5O7S. The molecule has 3 saturated carbocycles. The summed E-state index contributed by atoms with van der Waals surface area (Å²) in [6.07, 6.45) is 3.14. The molecule has 2 aromatic rings. The Bertz CT molecular complexity index is 1750. The number of anilines is 1. The Morgan fingerprint density at radius 3 is 2.46 bits per heavy atom. The molecule has 5 fully saturated rings. The van der Waals surface area contributed by atoms with Crippen molar-refractivity contribution in [3.05, 3.63) is 47.5 Å². The van der Waals surface area contributed by atoms with Gasteiger partial charge in [0.05, 0.1) is 26.4 Å². The number of benzene rings is 2. The van der Waals surface area contributed by atoms with E-state index in [1.165, 1.54) is 11.3 Å². The Morgan fingerprint density at radius 1 is 1.12 bits per heavy atom. The fourth-order valence-electron chi connectivity index (χ4n) is 9.85. The van der Waals surface area contributed by atoms with Crippen LogP contribution in [-0.2, 0) is 21.0 Å². The Balaban J connectivity index is 1.28. The van der Waals surface area contributed by atoms with Gasteiger partial charge in [0.25, 0.3) is 5.91 Å². The number of aliphatic hydroxyl groups excluding tert-OH is 2. The van der Waals surface area contributed by atoms with Gasteiger partial charge in [-0.05, 0) is 91.7 Å². The molecule has 56 heavy (non-hydrogen) atoms. The van der Waals surface area contributed by atoms with Crippen molar-refractivity contribution in [1.82, 2.24) is 20.6 Å². The minimum Gasteiger partial charge on any atom is -0.496 e. The molecule has 10 atom stereocenters. The van der Waals surface area contributed by atoms with Gasteiger partial charge in [0.15, 0.2) is 0 Å². The van der Waals surface area contributed by atoms with Gasteiger partial charge in [-0.1, -0.05) is 39.0 Å². The molecule has 4 N–H and O–H groups in total. The van der Waals surface area contributed by atoms with Crippen molar-refractivity contribution in [1.29, 1.82) is 0 Å². The van der Waals surface area contributed by atoms with Crippen LogP contribution in [0.5, 0.6) is 5.75 Å². The van der Waals surface area contributed by atoms with Crippen LogP contribution in [0.4, 0.5) is 5.69 Å². The Morgan fingerprint density at radius 2 is 1.88 bits per heavy atom. The smallest absolute Gasteiger partial charge is 0.252 e. The molecule has 2 aromatic carbocycles. The summed E-state index contributed by atoms with van der Waals surface area (Å²) in [5, 5.41) is 29.7. The summed E-state index contributed by atoms with van der Waals surface area (Å²) in [6.45, 7) is 8.32.